The van der Waals surface area contributed by atoms with Crippen LogP contribution in [0.3, 0.4) is 0 Å². The van der Waals surface area contributed by atoms with Crippen LogP contribution >= 0.6 is 0 Å². The second-order valence-electron chi connectivity index (χ2n) is 9.49. The molecule has 4 heteroatoms. The fourth-order valence-electron chi connectivity index (χ4n) is 5.86. The molecular weight excluding hydrogens is 352 g/mol. The fourth-order valence-corrected chi connectivity index (χ4v) is 5.86. The first kappa shape index (κ1) is 21.6. The molecule has 0 aromatic rings. The van der Waals surface area contributed by atoms with Gasteiger partial charge in [0.1, 0.15) is 0 Å². The summed E-state index contributed by atoms with van der Waals surface area (Å²) in [5.41, 5.74) is 1.43. The van der Waals surface area contributed by atoms with Gasteiger partial charge in [0.15, 0.2) is 0 Å². The van der Waals surface area contributed by atoms with Crippen molar-refractivity contribution in [3.63, 3.8) is 0 Å². The normalized spacial score (nSPS) is 34.8. The molecule has 1 unspecified atom stereocenters. The zero-order valence-electron chi connectivity index (χ0n) is 17.3. The fraction of sp³-hybridized carbons (Fsp3) is 0.792. The quantitative estimate of drug-likeness (QED) is 0.414. The van der Waals surface area contributed by atoms with Crippen LogP contribution in [-0.4, -0.2) is 33.5 Å². The molecule has 0 heterocycles. The first-order valence-electron chi connectivity index (χ1n) is 11.4. The highest BCUT2D eigenvalue weighted by atomic mass is 16.4. The van der Waals surface area contributed by atoms with Crippen LogP contribution in [0.4, 0.5) is 0 Å². The second-order valence-corrected chi connectivity index (χ2v) is 9.49. The Kier molecular flexibility index (Phi) is 7.76. The van der Waals surface area contributed by atoms with E-state index in [1.54, 1.807) is 0 Å². The highest BCUT2D eigenvalue weighted by Crippen LogP contribution is 2.50. The Bertz CT molecular complexity index is 575. The number of aliphatic carboxylic acids is 1. The first-order valence-corrected chi connectivity index (χ1v) is 11.4. The molecule has 0 amide bonds. The molecule has 0 aromatic carbocycles. The van der Waals surface area contributed by atoms with E-state index in [0.717, 1.165) is 25.7 Å². The van der Waals surface area contributed by atoms with Gasteiger partial charge in [-0.15, -0.1) is 0 Å². The lowest BCUT2D eigenvalue weighted by atomic mass is 9.78. The molecule has 158 valence electrons. The summed E-state index contributed by atoms with van der Waals surface area (Å²) in [4.78, 5) is 10.6. The van der Waals surface area contributed by atoms with Crippen molar-refractivity contribution in [1.82, 2.24) is 0 Å². The molecule has 3 N–H and O–H groups in total. The molecule has 3 aliphatic rings. The van der Waals surface area contributed by atoms with Gasteiger partial charge in [-0.05, 0) is 55.8 Å². The predicted molar refractivity (Wildman–Crippen MR) is 111 cm³/mol. The van der Waals surface area contributed by atoms with Gasteiger partial charge in [0.05, 0.1) is 12.2 Å². The van der Waals surface area contributed by atoms with Gasteiger partial charge >= 0.3 is 5.97 Å². The molecule has 0 aliphatic heterocycles. The summed E-state index contributed by atoms with van der Waals surface area (Å²) < 4.78 is 0. The van der Waals surface area contributed by atoms with E-state index in [9.17, 15) is 15.0 Å². The third-order valence-corrected chi connectivity index (χ3v) is 7.60. The average Bonchev–Trinajstić information content (AvgIpc) is 3.19. The lowest BCUT2D eigenvalue weighted by molar-refractivity contribution is -0.137. The number of hydrogen-bond acceptors (Lipinski definition) is 3. The smallest absolute Gasteiger partial charge is 0.303 e. The number of carbonyl (C=O) groups is 1. The average molecular weight is 391 g/mol. The van der Waals surface area contributed by atoms with E-state index in [4.69, 9.17) is 5.11 Å². The van der Waals surface area contributed by atoms with Crippen LogP contribution in [0.1, 0.15) is 77.6 Å². The minimum Gasteiger partial charge on any atom is -0.481 e. The summed E-state index contributed by atoms with van der Waals surface area (Å²) in [7, 11) is 0. The van der Waals surface area contributed by atoms with Crippen LogP contribution in [0.5, 0.6) is 0 Å². The number of allylic oxidation sites excluding steroid dienone is 2. The number of carboxylic acid groups (broad SMARTS) is 1. The molecule has 3 rings (SSSR count). The van der Waals surface area contributed by atoms with Gasteiger partial charge in [-0.1, -0.05) is 62.8 Å². The SMILES string of the molecule is CC(C1CCCCC1)[C@@H](O)/C=C/[C@@H]1[C@H]2C/C(=C/CCCC(=O)O)C[C@@H]2C[C@H]1O. The van der Waals surface area contributed by atoms with Crippen molar-refractivity contribution < 1.29 is 20.1 Å². The van der Waals surface area contributed by atoms with Crippen LogP contribution in [0.25, 0.3) is 0 Å². The topological polar surface area (TPSA) is 77.8 Å². The molecule has 0 saturated heterocycles. The third kappa shape index (κ3) is 5.48. The summed E-state index contributed by atoms with van der Waals surface area (Å²) in [5, 5.41) is 30.0. The van der Waals surface area contributed by atoms with Crippen LogP contribution < -0.4 is 0 Å². The van der Waals surface area contributed by atoms with Crippen LogP contribution in [0.2, 0.25) is 0 Å². The zero-order valence-corrected chi connectivity index (χ0v) is 17.3. The lowest BCUT2D eigenvalue weighted by Crippen LogP contribution is -2.26. The Morgan fingerprint density at radius 3 is 2.68 bits per heavy atom. The van der Waals surface area contributed by atoms with E-state index in [2.05, 4.69) is 19.1 Å². The van der Waals surface area contributed by atoms with Crippen molar-refractivity contribution >= 4 is 5.97 Å². The first-order chi connectivity index (χ1) is 13.5. The Morgan fingerprint density at radius 1 is 1.21 bits per heavy atom. The molecular formula is C24H38O4. The van der Waals surface area contributed by atoms with Gasteiger partial charge in [-0.25, -0.2) is 0 Å². The van der Waals surface area contributed by atoms with E-state index >= 15 is 0 Å². The van der Waals surface area contributed by atoms with Crippen molar-refractivity contribution in [2.24, 2.45) is 29.6 Å². The molecule has 0 radical (unpaired) electrons. The third-order valence-electron chi connectivity index (χ3n) is 7.60. The second kappa shape index (κ2) is 10.1. The number of unbranched alkanes of at least 4 members (excludes halogenated alkanes) is 1. The number of aliphatic hydroxyl groups is 2. The molecule has 0 spiro atoms. The van der Waals surface area contributed by atoms with Gasteiger partial charge in [0.25, 0.3) is 0 Å². The number of hydrogen-bond donors (Lipinski definition) is 3. The molecule has 3 fully saturated rings. The zero-order chi connectivity index (χ0) is 20.1. The Labute approximate surface area is 169 Å². The summed E-state index contributed by atoms with van der Waals surface area (Å²) >= 11 is 0. The number of aliphatic hydroxyl groups excluding tert-OH is 2. The van der Waals surface area contributed by atoms with Gasteiger partial charge in [-0.3, -0.25) is 4.79 Å². The summed E-state index contributed by atoms with van der Waals surface area (Å²) in [5.74, 6) is 1.33. The summed E-state index contributed by atoms with van der Waals surface area (Å²) in [6.45, 7) is 2.17. The standard InChI is InChI=1S/C24H38O4/c1-16(18-8-3-2-4-9-18)22(25)12-11-20-21-14-17(7-5-6-10-24(27)28)13-19(21)15-23(20)26/h7,11-12,16,18-23,25-26H,2-6,8-10,13-15H2,1H3,(H,27,28)/b12-11+,17-7+/t16?,19-,20-,21+,22+,23-/m1/s1. The molecule has 6 atom stereocenters. The van der Waals surface area contributed by atoms with E-state index < -0.39 is 12.1 Å². The molecule has 0 bridgehead atoms. The highest BCUT2D eigenvalue weighted by molar-refractivity contribution is 5.66. The predicted octanol–water partition coefficient (Wildman–Crippen LogP) is 4.71. The van der Waals surface area contributed by atoms with Crippen molar-refractivity contribution in [3.05, 3.63) is 23.8 Å². The van der Waals surface area contributed by atoms with Gasteiger partial charge in [-0.2, -0.15) is 0 Å². The Hall–Kier alpha value is -1.13. The largest absolute Gasteiger partial charge is 0.481 e. The monoisotopic (exact) mass is 390 g/mol. The van der Waals surface area contributed by atoms with Crippen LogP contribution in [0, 0.1) is 29.6 Å². The molecule has 3 saturated carbocycles. The van der Waals surface area contributed by atoms with Gasteiger partial charge < -0.3 is 15.3 Å². The minimum atomic E-state index is -0.726. The maximum absolute atomic E-state index is 10.7. The summed E-state index contributed by atoms with van der Waals surface area (Å²) in [6, 6.07) is 0. The summed E-state index contributed by atoms with van der Waals surface area (Å²) in [6.07, 6.45) is 16.6. The Morgan fingerprint density at radius 2 is 1.96 bits per heavy atom. The molecule has 28 heavy (non-hydrogen) atoms. The van der Waals surface area contributed by atoms with Crippen molar-refractivity contribution in [2.75, 3.05) is 0 Å². The number of rotatable bonds is 8. The van der Waals surface area contributed by atoms with E-state index in [1.165, 1.54) is 37.7 Å². The minimum absolute atomic E-state index is 0.142. The van der Waals surface area contributed by atoms with E-state index in [0.29, 0.717) is 30.1 Å². The van der Waals surface area contributed by atoms with Crippen molar-refractivity contribution in [3.8, 4) is 0 Å². The Balaban J connectivity index is 1.52. The maximum Gasteiger partial charge on any atom is 0.303 e. The molecule has 0 aromatic heterocycles. The maximum atomic E-state index is 10.7. The van der Waals surface area contributed by atoms with Crippen molar-refractivity contribution in [2.45, 2.75) is 89.8 Å². The van der Waals surface area contributed by atoms with E-state index in [-0.39, 0.29) is 18.4 Å². The molecule has 4 nitrogen and oxygen atoms in total. The number of fused-ring (bicyclic) bond motifs is 1. The van der Waals surface area contributed by atoms with Gasteiger partial charge in [0, 0.05) is 12.3 Å². The van der Waals surface area contributed by atoms with Crippen LogP contribution in [-0.2, 0) is 4.79 Å². The van der Waals surface area contributed by atoms with Crippen molar-refractivity contribution in [1.29, 1.82) is 0 Å². The van der Waals surface area contributed by atoms with E-state index in [1.807, 2.05) is 6.08 Å². The van der Waals surface area contributed by atoms with Crippen LogP contribution in [0.15, 0.2) is 23.8 Å². The highest BCUT2D eigenvalue weighted by Gasteiger charge is 2.45. The number of carboxylic acids is 1. The van der Waals surface area contributed by atoms with Gasteiger partial charge in [0.2, 0.25) is 0 Å². The molecule has 3 aliphatic carbocycles. The lowest BCUT2D eigenvalue weighted by Gasteiger charge is -2.30.